The molecule has 7 heteroatoms. The number of carboxylic acid groups (broad SMARTS) is 1. The van der Waals surface area contributed by atoms with Crippen LogP contribution in [0.3, 0.4) is 0 Å². The number of nitrogens with one attached hydrogen (secondary N) is 1. The molecule has 7 nitrogen and oxygen atoms in total. The Bertz CT molecular complexity index is 477. The van der Waals surface area contributed by atoms with Crippen LogP contribution in [-0.2, 0) is 4.79 Å². The fraction of sp³-hybridized carbons (Fsp3) is 0.455. The molecule has 98 valence electrons. The third-order valence-electron chi connectivity index (χ3n) is 2.48. The molecular formula is C11H15N3O4. The number of aromatic nitrogens is 2. The maximum Gasteiger partial charge on any atom is 0.308 e. The van der Waals surface area contributed by atoms with Gasteiger partial charge in [-0.05, 0) is 13.0 Å². The van der Waals surface area contributed by atoms with E-state index in [0.717, 1.165) is 0 Å². The van der Waals surface area contributed by atoms with Crippen molar-refractivity contribution in [2.75, 3.05) is 13.1 Å². The highest BCUT2D eigenvalue weighted by Crippen LogP contribution is 2.04. The minimum absolute atomic E-state index is 0.0917. The summed E-state index contributed by atoms with van der Waals surface area (Å²) in [6.07, 6.45) is 0. The lowest BCUT2D eigenvalue weighted by atomic mass is 10.1. The lowest BCUT2D eigenvalue weighted by molar-refractivity contribution is -0.141. The van der Waals surface area contributed by atoms with Crippen molar-refractivity contribution in [1.82, 2.24) is 15.1 Å². The summed E-state index contributed by atoms with van der Waals surface area (Å²) in [4.78, 5) is 35.0. The summed E-state index contributed by atoms with van der Waals surface area (Å²) in [5.41, 5.74) is -0.303. The van der Waals surface area contributed by atoms with Crippen LogP contribution in [0.1, 0.15) is 24.3 Å². The second-order valence-corrected chi connectivity index (χ2v) is 3.89. The fourth-order valence-electron chi connectivity index (χ4n) is 1.39. The molecule has 0 bridgehead atoms. The highest BCUT2D eigenvalue weighted by atomic mass is 16.4. The SMILES string of the molecule is CCN(CC(C)C(=O)O)C(=O)c1ccc(=O)[nH]n1. The Morgan fingerprint density at radius 3 is 2.61 bits per heavy atom. The first-order valence-electron chi connectivity index (χ1n) is 5.53. The van der Waals surface area contributed by atoms with E-state index in [-0.39, 0.29) is 12.2 Å². The van der Waals surface area contributed by atoms with Crippen molar-refractivity contribution in [3.05, 3.63) is 28.2 Å². The number of amides is 1. The molecule has 1 aromatic rings. The Morgan fingerprint density at radius 2 is 2.17 bits per heavy atom. The van der Waals surface area contributed by atoms with E-state index in [0.29, 0.717) is 6.54 Å². The molecule has 0 fully saturated rings. The number of H-pyrrole nitrogens is 1. The molecule has 1 aromatic heterocycles. The van der Waals surface area contributed by atoms with E-state index < -0.39 is 23.4 Å². The standard InChI is InChI=1S/C11H15N3O4/c1-3-14(6-7(2)11(17)18)10(16)8-4-5-9(15)13-12-8/h4-5,7H,3,6H2,1-2H3,(H,13,15)(H,17,18). The summed E-state index contributed by atoms with van der Waals surface area (Å²) in [6.45, 7) is 3.75. The van der Waals surface area contributed by atoms with Crippen LogP contribution in [0.5, 0.6) is 0 Å². The molecule has 1 amide bonds. The smallest absolute Gasteiger partial charge is 0.308 e. The molecule has 0 aliphatic heterocycles. The maximum atomic E-state index is 12.0. The van der Waals surface area contributed by atoms with Crippen molar-refractivity contribution < 1.29 is 14.7 Å². The van der Waals surface area contributed by atoms with Gasteiger partial charge in [-0.25, -0.2) is 5.10 Å². The largest absolute Gasteiger partial charge is 0.481 e. The van der Waals surface area contributed by atoms with Gasteiger partial charge < -0.3 is 10.0 Å². The van der Waals surface area contributed by atoms with E-state index in [4.69, 9.17) is 5.11 Å². The third-order valence-corrected chi connectivity index (χ3v) is 2.48. The lowest BCUT2D eigenvalue weighted by Gasteiger charge is -2.22. The minimum Gasteiger partial charge on any atom is -0.481 e. The Balaban J connectivity index is 2.82. The molecule has 0 aromatic carbocycles. The summed E-state index contributed by atoms with van der Waals surface area (Å²) in [5.74, 6) is -2.02. The summed E-state index contributed by atoms with van der Waals surface area (Å²) in [5, 5.41) is 14.6. The third kappa shape index (κ3) is 3.41. The minimum atomic E-state index is -0.962. The quantitative estimate of drug-likeness (QED) is 0.765. The second kappa shape index (κ2) is 5.95. The summed E-state index contributed by atoms with van der Waals surface area (Å²) >= 11 is 0. The van der Waals surface area contributed by atoms with E-state index in [1.54, 1.807) is 6.92 Å². The average molecular weight is 253 g/mol. The molecule has 18 heavy (non-hydrogen) atoms. The Kier molecular flexibility index (Phi) is 4.59. The van der Waals surface area contributed by atoms with Crippen molar-refractivity contribution in [2.24, 2.45) is 5.92 Å². The topological polar surface area (TPSA) is 103 Å². The van der Waals surface area contributed by atoms with Crippen LogP contribution in [0.15, 0.2) is 16.9 Å². The van der Waals surface area contributed by atoms with Crippen molar-refractivity contribution in [2.45, 2.75) is 13.8 Å². The van der Waals surface area contributed by atoms with Gasteiger partial charge in [0.05, 0.1) is 5.92 Å². The van der Waals surface area contributed by atoms with Crippen LogP contribution in [0.4, 0.5) is 0 Å². The second-order valence-electron chi connectivity index (χ2n) is 3.89. The number of aliphatic carboxylic acids is 1. The van der Waals surface area contributed by atoms with Gasteiger partial charge >= 0.3 is 5.97 Å². The monoisotopic (exact) mass is 253 g/mol. The molecule has 0 spiro atoms. The highest BCUT2D eigenvalue weighted by molar-refractivity contribution is 5.92. The molecule has 0 saturated carbocycles. The molecule has 1 rings (SSSR count). The number of rotatable bonds is 5. The first kappa shape index (κ1) is 13.9. The summed E-state index contributed by atoms with van der Waals surface area (Å²) in [7, 11) is 0. The van der Waals surface area contributed by atoms with E-state index in [9.17, 15) is 14.4 Å². The molecule has 0 aliphatic carbocycles. The normalized spacial score (nSPS) is 11.9. The van der Waals surface area contributed by atoms with E-state index in [1.165, 1.54) is 24.0 Å². The molecule has 1 heterocycles. The number of hydrogen-bond acceptors (Lipinski definition) is 4. The van der Waals surface area contributed by atoms with Crippen LogP contribution >= 0.6 is 0 Å². The predicted molar refractivity (Wildman–Crippen MR) is 63.2 cm³/mol. The van der Waals surface area contributed by atoms with Gasteiger partial charge in [0.1, 0.15) is 5.69 Å². The molecule has 0 saturated heterocycles. The molecule has 1 atom stereocenters. The fourth-order valence-corrected chi connectivity index (χ4v) is 1.39. The number of aromatic amines is 1. The first-order chi connectivity index (χ1) is 8.45. The molecule has 0 radical (unpaired) electrons. The van der Waals surface area contributed by atoms with Crippen molar-refractivity contribution in [3.63, 3.8) is 0 Å². The van der Waals surface area contributed by atoms with E-state index in [1.807, 2.05) is 0 Å². The summed E-state index contributed by atoms with van der Waals surface area (Å²) < 4.78 is 0. The molecule has 1 unspecified atom stereocenters. The van der Waals surface area contributed by atoms with Crippen molar-refractivity contribution in [1.29, 1.82) is 0 Å². The predicted octanol–water partition coefficient (Wildman–Crippen LogP) is -0.0473. The van der Waals surface area contributed by atoms with Gasteiger partial charge in [0.15, 0.2) is 0 Å². The Morgan fingerprint density at radius 1 is 1.50 bits per heavy atom. The number of hydrogen-bond donors (Lipinski definition) is 2. The van der Waals surface area contributed by atoms with E-state index in [2.05, 4.69) is 10.2 Å². The van der Waals surface area contributed by atoms with E-state index >= 15 is 0 Å². The Hall–Kier alpha value is -2.18. The summed E-state index contributed by atoms with van der Waals surface area (Å²) in [6, 6.07) is 2.52. The van der Waals surface area contributed by atoms with Gasteiger partial charge in [-0.2, -0.15) is 5.10 Å². The zero-order valence-electron chi connectivity index (χ0n) is 10.2. The number of nitrogens with zero attached hydrogens (tertiary/aromatic N) is 2. The van der Waals surface area contributed by atoms with Gasteiger partial charge in [0, 0.05) is 19.2 Å². The van der Waals surface area contributed by atoms with Gasteiger partial charge in [0.2, 0.25) is 0 Å². The van der Waals surface area contributed by atoms with Crippen LogP contribution in [0, 0.1) is 5.92 Å². The number of carboxylic acids is 1. The van der Waals surface area contributed by atoms with Crippen LogP contribution in [0.25, 0.3) is 0 Å². The lowest BCUT2D eigenvalue weighted by Crippen LogP contribution is -2.37. The molecule has 0 aliphatic rings. The van der Waals surface area contributed by atoms with Crippen LogP contribution < -0.4 is 5.56 Å². The van der Waals surface area contributed by atoms with Crippen molar-refractivity contribution in [3.8, 4) is 0 Å². The average Bonchev–Trinajstić information content (AvgIpc) is 2.35. The molecular weight excluding hydrogens is 238 g/mol. The zero-order valence-corrected chi connectivity index (χ0v) is 10.2. The Labute approximate surface area is 103 Å². The van der Waals surface area contributed by atoms with Gasteiger partial charge in [-0.15, -0.1) is 0 Å². The van der Waals surface area contributed by atoms with Crippen LogP contribution in [-0.4, -0.2) is 45.2 Å². The molecule has 2 N–H and O–H groups in total. The highest BCUT2D eigenvalue weighted by Gasteiger charge is 2.21. The van der Waals surface area contributed by atoms with Gasteiger partial charge in [-0.1, -0.05) is 6.92 Å². The zero-order chi connectivity index (χ0) is 13.7. The van der Waals surface area contributed by atoms with Gasteiger partial charge in [0.25, 0.3) is 11.5 Å². The first-order valence-corrected chi connectivity index (χ1v) is 5.53. The van der Waals surface area contributed by atoms with Crippen molar-refractivity contribution >= 4 is 11.9 Å². The maximum absolute atomic E-state index is 12.0. The number of carbonyl (C=O) groups excluding carboxylic acids is 1. The number of carbonyl (C=O) groups is 2. The van der Waals surface area contributed by atoms with Crippen LogP contribution in [0.2, 0.25) is 0 Å². The van der Waals surface area contributed by atoms with Gasteiger partial charge in [-0.3, -0.25) is 14.4 Å².